The van der Waals surface area contributed by atoms with Crippen molar-refractivity contribution < 1.29 is 5.11 Å². The minimum absolute atomic E-state index is 0.00566. The van der Waals surface area contributed by atoms with Crippen LogP contribution in [-0.2, 0) is 6.54 Å². The summed E-state index contributed by atoms with van der Waals surface area (Å²) in [6.45, 7) is 5.20. The normalized spacial score (nSPS) is 17.6. The largest absolute Gasteiger partial charge is 0.395 e. The molecule has 48 heavy (non-hydrogen) atoms. The van der Waals surface area contributed by atoms with Gasteiger partial charge in [0.25, 0.3) is 0 Å². The fraction of sp³-hybridized carbons (Fsp3) is 0.297. The maximum absolute atomic E-state index is 9.68. The highest BCUT2D eigenvalue weighted by molar-refractivity contribution is 5.90. The molecule has 2 aromatic carbocycles. The van der Waals surface area contributed by atoms with E-state index >= 15 is 0 Å². The fourth-order valence-electron chi connectivity index (χ4n) is 6.75. The van der Waals surface area contributed by atoms with Crippen molar-refractivity contribution in [2.24, 2.45) is 0 Å². The van der Waals surface area contributed by atoms with Gasteiger partial charge in [-0.05, 0) is 55.3 Å². The molecule has 0 radical (unpaired) electrons. The van der Waals surface area contributed by atoms with Gasteiger partial charge >= 0.3 is 0 Å². The number of nitrogens with one attached hydrogen (secondary N) is 2. The zero-order chi connectivity index (χ0) is 32.3. The molecule has 0 bridgehead atoms. The summed E-state index contributed by atoms with van der Waals surface area (Å²) in [6, 6.07) is 27.1. The lowest BCUT2D eigenvalue weighted by atomic mass is 9.95. The minimum Gasteiger partial charge on any atom is -0.395 e. The maximum Gasteiger partial charge on any atom is 0.227 e. The Morgan fingerprint density at radius 2 is 1.67 bits per heavy atom. The van der Waals surface area contributed by atoms with Gasteiger partial charge in [-0.1, -0.05) is 60.7 Å². The summed E-state index contributed by atoms with van der Waals surface area (Å²) in [5, 5.41) is 21.5. The van der Waals surface area contributed by atoms with Gasteiger partial charge in [0, 0.05) is 67.0 Å². The third-order valence-electron chi connectivity index (χ3n) is 9.40. The first-order chi connectivity index (χ1) is 23.7. The molecule has 0 amide bonds. The SMILES string of the molecule is OC[C@@H]1CN(c2ncc3cc(-c4ccccc4)c(-c4ccc(CN5CCC(c6nc(-c7ccccn7)n[nH]6)CC5)cc4)nc3n2)CCN1. The topological polar surface area (TPSA) is 132 Å². The number of benzene rings is 2. The van der Waals surface area contributed by atoms with Gasteiger partial charge < -0.3 is 15.3 Å². The zero-order valence-electron chi connectivity index (χ0n) is 26.7. The van der Waals surface area contributed by atoms with Crippen molar-refractivity contribution in [1.29, 1.82) is 0 Å². The van der Waals surface area contributed by atoms with Crippen molar-refractivity contribution in [3.63, 3.8) is 0 Å². The highest BCUT2D eigenvalue weighted by atomic mass is 16.3. The van der Waals surface area contributed by atoms with Crippen molar-refractivity contribution in [3.8, 4) is 33.9 Å². The van der Waals surface area contributed by atoms with E-state index in [2.05, 4.69) is 89.9 Å². The van der Waals surface area contributed by atoms with Crippen molar-refractivity contribution in [3.05, 3.63) is 103 Å². The van der Waals surface area contributed by atoms with Crippen molar-refractivity contribution in [2.75, 3.05) is 44.2 Å². The number of anilines is 1. The Morgan fingerprint density at radius 3 is 2.46 bits per heavy atom. The summed E-state index contributed by atoms with van der Waals surface area (Å²) in [7, 11) is 0. The summed E-state index contributed by atoms with van der Waals surface area (Å²) in [6.07, 6.45) is 5.71. The quantitative estimate of drug-likeness (QED) is 0.216. The van der Waals surface area contributed by atoms with Crippen LogP contribution in [0.5, 0.6) is 0 Å². The number of H-pyrrole nitrogens is 1. The van der Waals surface area contributed by atoms with Crippen LogP contribution in [0.25, 0.3) is 44.9 Å². The van der Waals surface area contributed by atoms with Crippen molar-refractivity contribution in [1.82, 2.24) is 45.3 Å². The number of nitrogens with zero attached hydrogens (tertiary/aromatic N) is 8. The van der Waals surface area contributed by atoms with Gasteiger partial charge in [0.1, 0.15) is 11.5 Å². The number of piperazine rings is 1. The third kappa shape index (κ3) is 6.40. The lowest BCUT2D eigenvalue weighted by Gasteiger charge is -2.32. The van der Waals surface area contributed by atoms with Crippen LogP contribution < -0.4 is 10.2 Å². The summed E-state index contributed by atoms with van der Waals surface area (Å²) in [4.78, 5) is 28.5. The number of aromatic nitrogens is 7. The van der Waals surface area contributed by atoms with Gasteiger partial charge in [-0.2, -0.15) is 10.1 Å². The molecule has 8 rings (SSSR count). The smallest absolute Gasteiger partial charge is 0.227 e. The van der Waals surface area contributed by atoms with E-state index in [-0.39, 0.29) is 12.6 Å². The number of fused-ring (bicyclic) bond motifs is 1. The van der Waals surface area contributed by atoms with Crippen molar-refractivity contribution >= 4 is 17.0 Å². The molecule has 2 saturated heterocycles. The Balaban J connectivity index is 0.994. The molecular formula is C37H38N10O. The molecule has 2 fully saturated rings. The lowest BCUT2D eigenvalue weighted by Crippen LogP contribution is -2.52. The molecule has 2 aliphatic rings. The zero-order valence-corrected chi connectivity index (χ0v) is 26.7. The number of aromatic amines is 1. The number of pyridine rings is 2. The van der Waals surface area contributed by atoms with Crippen LogP contribution in [-0.4, -0.2) is 90.5 Å². The molecule has 11 heteroatoms. The fourth-order valence-corrected chi connectivity index (χ4v) is 6.75. The average Bonchev–Trinajstić information content (AvgIpc) is 3.66. The van der Waals surface area contributed by atoms with E-state index < -0.39 is 0 Å². The van der Waals surface area contributed by atoms with E-state index in [1.165, 1.54) is 5.56 Å². The first-order valence-corrected chi connectivity index (χ1v) is 16.7. The molecular weight excluding hydrogens is 600 g/mol. The van der Waals surface area contributed by atoms with Gasteiger partial charge in [0.05, 0.1) is 12.3 Å². The number of piperidine rings is 1. The van der Waals surface area contributed by atoms with E-state index in [0.717, 1.165) is 84.9 Å². The molecule has 0 spiro atoms. The Bertz CT molecular complexity index is 1980. The molecule has 6 heterocycles. The van der Waals surface area contributed by atoms with E-state index in [0.29, 0.717) is 29.9 Å². The molecule has 1 atom stereocenters. The molecule has 3 N–H and O–H groups in total. The second-order valence-corrected chi connectivity index (χ2v) is 12.6. The first-order valence-electron chi connectivity index (χ1n) is 16.7. The molecule has 0 unspecified atom stereocenters. The molecule has 0 aliphatic carbocycles. The van der Waals surface area contributed by atoms with Crippen LogP contribution in [0.2, 0.25) is 0 Å². The number of aliphatic hydroxyl groups excluding tert-OH is 1. The molecule has 11 nitrogen and oxygen atoms in total. The standard InChI is InChI=1S/C37H38N10O/c48-24-30-23-47(19-16-38-30)37-40-21-29-20-31(26-6-2-1-3-7-26)33(41-34(29)43-37)27-11-9-25(10-12-27)22-46-17-13-28(14-18-46)35-42-36(45-44-35)32-8-4-5-15-39-32/h1-12,15,20-21,28,30,38,48H,13-14,16-19,22-24H2,(H,42,44,45)/t30-/m0/s1. The summed E-state index contributed by atoms with van der Waals surface area (Å²) in [5.41, 5.74) is 6.84. The summed E-state index contributed by atoms with van der Waals surface area (Å²) < 4.78 is 0. The van der Waals surface area contributed by atoms with Crippen molar-refractivity contribution in [2.45, 2.75) is 31.3 Å². The highest BCUT2D eigenvalue weighted by Crippen LogP contribution is 2.34. The number of rotatable bonds is 8. The van der Waals surface area contributed by atoms with Crippen LogP contribution in [0.3, 0.4) is 0 Å². The van der Waals surface area contributed by atoms with Crippen LogP contribution >= 0.6 is 0 Å². The average molecular weight is 639 g/mol. The van der Waals surface area contributed by atoms with Gasteiger partial charge in [0.2, 0.25) is 5.95 Å². The summed E-state index contributed by atoms with van der Waals surface area (Å²) in [5.74, 6) is 2.63. The molecule has 0 saturated carbocycles. The predicted octanol–water partition coefficient (Wildman–Crippen LogP) is 4.69. The van der Waals surface area contributed by atoms with Crippen LogP contribution in [0.1, 0.15) is 30.1 Å². The number of aliphatic hydroxyl groups is 1. The van der Waals surface area contributed by atoms with Crippen LogP contribution in [0, 0.1) is 0 Å². The first kappa shape index (κ1) is 30.2. The molecule has 242 valence electrons. The number of likely N-dealkylation sites (tertiary alicyclic amines) is 1. The third-order valence-corrected chi connectivity index (χ3v) is 9.40. The van der Waals surface area contributed by atoms with Crippen LogP contribution in [0.15, 0.2) is 91.3 Å². The van der Waals surface area contributed by atoms with Gasteiger partial charge in [0.15, 0.2) is 11.5 Å². The monoisotopic (exact) mass is 638 g/mol. The minimum atomic E-state index is 0.00566. The highest BCUT2D eigenvalue weighted by Gasteiger charge is 2.25. The van der Waals surface area contributed by atoms with E-state index in [1.807, 2.05) is 30.5 Å². The second kappa shape index (κ2) is 13.6. The molecule has 4 aromatic heterocycles. The van der Waals surface area contributed by atoms with E-state index in [4.69, 9.17) is 15.0 Å². The van der Waals surface area contributed by atoms with Crippen LogP contribution in [0.4, 0.5) is 5.95 Å². The van der Waals surface area contributed by atoms with Gasteiger partial charge in [-0.3, -0.25) is 15.0 Å². The Hall–Kier alpha value is -5.10. The predicted molar refractivity (Wildman–Crippen MR) is 186 cm³/mol. The van der Waals surface area contributed by atoms with Gasteiger partial charge in [-0.15, -0.1) is 0 Å². The summed E-state index contributed by atoms with van der Waals surface area (Å²) >= 11 is 0. The van der Waals surface area contributed by atoms with E-state index in [1.54, 1.807) is 6.20 Å². The lowest BCUT2D eigenvalue weighted by molar-refractivity contribution is 0.202. The van der Waals surface area contributed by atoms with E-state index in [9.17, 15) is 5.11 Å². The number of hydrogen-bond acceptors (Lipinski definition) is 10. The Labute approximate surface area is 279 Å². The second-order valence-electron chi connectivity index (χ2n) is 12.6. The Kier molecular flexibility index (Phi) is 8.54. The molecule has 2 aliphatic heterocycles. The van der Waals surface area contributed by atoms with Gasteiger partial charge in [-0.25, -0.2) is 15.0 Å². The number of hydrogen-bond donors (Lipinski definition) is 3. The maximum atomic E-state index is 9.68. The Morgan fingerprint density at radius 1 is 0.833 bits per heavy atom. The molecule has 6 aromatic rings.